The van der Waals surface area contributed by atoms with Crippen LogP contribution in [-0.2, 0) is 16.0 Å². The maximum atomic E-state index is 12.8. The van der Waals surface area contributed by atoms with Crippen molar-refractivity contribution < 1.29 is 24.5 Å². The van der Waals surface area contributed by atoms with Crippen LogP contribution in [0.15, 0.2) is 66.2 Å². The van der Waals surface area contributed by atoms with E-state index >= 15 is 0 Å². The molecule has 2 aromatic carbocycles. The van der Waals surface area contributed by atoms with Crippen molar-refractivity contribution in [3.8, 4) is 5.75 Å². The molecule has 1 heterocycles. The Morgan fingerprint density at radius 1 is 1.19 bits per heavy atom. The molecule has 0 bridgehead atoms. The zero-order chi connectivity index (χ0) is 25.7. The number of H-pyrrole nitrogens is 1. The first kappa shape index (κ1) is 26.2. The number of aliphatic hydroxyl groups is 2. The summed E-state index contributed by atoms with van der Waals surface area (Å²) in [6, 6.07) is 16.8. The van der Waals surface area contributed by atoms with Gasteiger partial charge >= 0.3 is 0 Å². The summed E-state index contributed by atoms with van der Waals surface area (Å²) in [6.07, 6.45) is 0.491. The van der Waals surface area contributed by atoms with Crippen molar-refractivity contribution in [3.05, 3.63) is 75.5 Å². The maximum Gasteiger partial charge on any atom is 0.247 e. The molecule has 0 saturated heterocycles. The van der Waals surface area contributed by atoms with Crippen LogP contribution >= 0.6 is 22.6 Å². The number of benzene rings is 2. The van der Waals surface area contributed by atoms with Gasteiger partial charge in [-0.3, -0.25) is 9.59 Å². The van der Waals surface area contributed by atoms with Crippen molar-refractivity contribution in [3.63, 3.8) is 0 Å². The number of ether oxygens (including phenoxy) is 1. The zero-order valence-electron chi connectivity index (χ0n) is 20.0. The first-order valence-corrected chi connectivity index (χ1v) is 13.0. The first-order valence-electron chi connectivity index (χ1n) is 11.9. The molecule has 0 radical (unpaired) electrons. The smallest absolute Gasteiger partial charge is 0.247 e. The van der Waals surface area contributed by atoms with Crippen LogP contribution < -0.4 is 10.1 Å². The number of carbonyl (C=O) groups excluding carboxylic acids is 2. The van der Waals surface area contributed by atoms with Crippen molar-refractivity contribution in [1.82, 2.24) is 15.2 Å². The van der Waals surface area contributed by atoms with Crippen LogP contribution in [0.4, 0.5) is 0 Å². The number of aromatic amines is 1. The van der Waals surface area contributed by atoms with Gasteiger partial charge in [0.05, 0.1) is 16.2 Å². The Hall–Kier alpha value is -2.89. The lowest BCUT2D eigenvalue weighted by Crippen LogP contribution is -2.55. The molecule has 3 aromatic rings. The Morgan fingerprint density at radius 2 is 1.94 bits per heavy atom. The second kappa shape index (κ2) is 11.9. The van der Waals surface area contributed by atoms with Gasteiger partial charge in [0, 0.05) is 49.6 Å². The highest BCUT2D eigenvalue weighted by molar-refractivity contribution is 14.1. The largest absolute Gasteiger partial charge is 0.482 e. The number of aliphatic hydroxyl groups excluding tert-OH is 2. The monoisotopic (exact) mass is 603 g/mol. The normalized spacial score (nSPS) is 19.6. The molecule has 8 nitrogen and oxygen atoms in total. The highest BCUT2D eigenvalue weighted by Gasteiger charge is 2.39. The molecule has 0 saturated carbocycles. The molecule has 36 heavy (non-hydrogen) atoms. The Labute approximate surface area is 223 Å². The molecule has 1 aromatic heterocycles. The fraction of sp³-hybridized carbons (Fsp3) is 0.333. The van der Waals surface area contributed by atoms with E-state index in [4.69, 9.17) is 9.84 Å². The maximum absolute atomic E-state index is 12.8. The van der Waals surface area contributed by atoms with Crippen molar-refractivity contribution in [2.75, 3.05) is 19.7 Å². The molecule has 0 fully saturated rings. The number of carbonyl (C=O) groups is 2. The van der Waals surface area contributed by atoms with Gasteiger partial charge in [-0.2, -0.15) is 0 Å². The first-order chi connectivity index (χ1) is 17.4. The zero-order valence-corrected chi connectivity index (χ0v) is 22.1. The van der Waals surface area contributed by atoms with E-state index in [-0.39, 0.29) is 31.4 Å². The minimum Gasteiger partial charge on any atom is -0.482 e. The quantitative estimate of drug-likeness (QED) is 0.281. The highest BCUT2D eigenvalue weighted by atomic mass is 127. The average molecular weight is 603 g/mol. The number of para-hydroxylation sites is 2. The topological polar surface area (TPSA) is 115 Å². The number of hydrogen-bond donors (Lipinski definition) is 4. The van der Waals surface area contributed by atoms with Crippen LogP contribution in [0.5, 0.6) is 5.75 Å². The third kappa shape index (κ3) is 6.08. The summed E-state index contributed by atoms with van der Waals surface area (Å²) in [5, 5.41) is 24.2. The molecule has 3 unspecified atom stereocenters. The van der Waals surface area contributed by atoms with Crippen LogP contribution in [0.3, 0.4) is 0 Å². The Balaban J connectivity index is 1.58. The van der Waals surface area contributed by atoms with Gasteiger partial charge in [-0.05, 0) is 58.3 Å². The molecular formula is C27H30IN3O5. The molecule has 4 rings (SSSR count). The van der Waals surface area contributed by atoms with E-state index in [1.165, 1.54) is 6.92 Å². The fourth-order valence-electron chi connectivity index (χ4n) is 4.53. The van der Waals surface area contributed by atoms with E-state index in [2.05, 4.69) is 39.0 Å². The SMILES string of the molecule is CC(=O)N(CCc1cc2ccccc2[nH]1)C1CC(C(=O)NCCO)=CC(Oc2ccccc2I)C1O. The second-order valence-electron chi connectivity index (χ2n) is 8.79. The molecule has 1 aliphatic rings. The Kier molecular flexibility index (Phi) is 8.65. The van der Waals surface area contributed by atoms with E-state index in [0.29, 0.717) is 24.3 Å². The molecule has 3 atom stereocenters. The summed E-state index contributed by atoms with van der Waals surface area (Å²) in [6.45, 7) is 1.77. The molecular weight excluding hydrogens is 573 g/mol. The van der Waals surface area contributed by atoms with Gasteiger partial charge in [0.25, 0.3) is 0 Å². The lowest BCUT2D eigenvalue weighted by Gasteiger charge is -2.40. The van der Waals surface area contributed by atoms with Crippen LogP contribution in [0.2, 0.25) is 0 Å². The number of amides is 2. The molecule has 0 aliphatic heterocycles. The Bertz CT molecular complexity index is 1220. The number of hydrogen-bond acceptors (Lipinski definition) is 5. The number of nitrogens with one attached hydrogen (secondary N) is 2. The average Bonchev–Trinajstić information content (AvgIpc) is 3.28. The van der Waals surface area contributed by atoms with E-state index in [9.17, 15) is 14.7 Å². The fourth-order valence-corrected chi connectivity index (χ4v) is 5.05. The number of rotatable bonds is 9. The van der Waals surface area contributed by atoms with Gasteiger partial charge in [-0.15, -0.1) is 0 Å². The van der Waals surface area contributed by atoms with Crippen molar-refractivity contribution in [2.45, 2.75) is 38.0 Å². The number of aromatic nitrogens is 1. The summed E-state index contributed by atoms with van der Waals surface area (Å²) < 4.78 is 7.01. The summed E-state index contributed by atoms with van der Waals surface area (Å²) in [5.74, 6) is 0.0401. The van der Waals surface area contributed by atoms with Crippen LogP contribution in [0, 0.1) is 3.57 Å². The van der Waals surface area contributed by atoms with E-state index in [1.54, 1.807) is 17.0 Å². The minimum atomic E-state index is -1.04. The number of nitrogens with zero attached hydrogens (tertiary/aromatic N) is 1. The summed E-state index contributed by atoms with van der Waals surface area (Å²) in [7, 11) is 0. The standard InChI is InChI=1S/C27H30IN3O5/c1-17(33)31(12-10-20-14-18-6-2-4-8-22(18)30-20)23-15-19(27(35)29-11-13-32)16-25(26(23)34)36-24-9-5-3-7-21(24)28/h2-9,14,16,23,25-26,30,32,34H,10-13,15H2,1H3,(H,29,35). The molecule has 190 valence electrons. The predicted octanol–water partition coefficient (Wildman–Crippen LogP) is 2.78. The van der Waals surface area contributed by atoms with E-state index in [1.807, 2.05) is 42.5 Å². The van der Waals surface area contributed by atoms with E-state index < -0.39 is 18.2 Å². The lowest BCUT2D eigenvalue weighted by atomic mass is 9.88. The van der Waals surface area contributed by atoms with Gasteiger partial charge in [0.1, 0.15) is 18.0 Å². The van der Waals surface area contributed by atoms with E-state index in [0.717, 1.165) is 20.2 Å². The second-order valence-corrected chi connectivity index (χ2v) is 9.95. The van der Waals surface area contributed by atoms with Crippen LogP contribution in [-0.4, -0.2) is 69.9 Å². The lowest BCUT2D eigenvalue weighted by molar-refractivity contribution is -0.136. The molecule has 2 amide bonds. The summed E-state index contributed by atoms with van der Waals surface area (Å²) >= 11 is 2.15. The summed E-state index contributed by atoms with van der Waals surface area (Å²) in [4.78, 5) is 30.6. The predicted molar refractivity (Wildman–Crippen MR) is 146 cm³/mol. The summed E-state index contributed by atoms with van der Waals surface area (Å²) in [5.41, 5.74) is 2.42. The van der Waals surface area contributed by atoms with Gasteiger partial charge in [-0.25, -0.2) is 0 Å². The number of fused-ring (bicyclic) bond motifs is 1. The highest BCUT2D eigenvalue weighted by Crippen LogP contribution is 2.30. The van der Waals surface area contributed by atoms with Gasteiger partial charge < -0.3 is 30.2 Å². The molecule has 9 heteroatoms. The van der Waals surface area contributed by atoms with Crippen molar-refractivity contribution in [1.29, 1.82) is 0 Å². The van der Waals surface area contributed by atoms with Crippen LogP contribution in [0.1, 0.15) is 19.0 Å². The third-order valence-electron chi connectivity index (χ3n) is 6.33. The third-order valence-corrected chi connectivity index (χ3v) is 7.22. The minimum absolute atomic E-state index is 0.113. The Morgan fingerprint density at radius 3 is 2.67 bits per heavy atom. The van der Waals surface area contributed by atoms with Crippen molar-refractivity contribution in [2.24, 2.45) is 0 Å². The molecule has 0 spiro atoms. The van der Waals surface area contributed by atoms with Gasteiger partial charge in [0.2, 0.25) is 11.8 Å². The van der Waals surface area contributed by atoms with Gasteiger partial charge in [0.15, 0.2) is 0 Å². The number of halogens is 1. The van der Waals surface area contributed by atoms with Gasteiger partial charge in [-0.1, -0.05) is 30.3 Å². The molecule has 1 aliphatic carbocycles. The molecule has 4 N–H and O–H groups in total. The van der Waals surface area contributed by atoms with Crippen LogP contribution in [0.25, 0.3) is 10.9 Å². The van der Waals surface area contributed by atoms with Crippen molar-refractivity contribution >= 4 is 45.3 Å².